The standard InChI is InChI=1S/C60H37NO2S/c1-3-13-38(14-4-1)39-25-31-43(32-26-39)61(45-35-29-41(30-36-45)47-20-12-22-50-48-17-8-10-24-55(48)64-60(47)50)44-33-27-40(28-34-44)46-19-11-21-49-52-37-54-57(51-18-7-9-23-53(51)62-54)56(59(52)63-58(46)49)42-15-5-2-6-16-42/h1-37H. The minimum absolute atomic E-state index is 0.854. The van der Waals surface area contributed by atoms with E-state index in [0.29, 0.717) is 0 Å². The van der Waals surface area contributed by atoms with Gasteiger partial charge in [0.1, 0.15) is 22.3 Å². The van der Waals surface area contributed by atoms with E-state index in [0.717, 1.165) is 83.2 Å². The highest BCUT2D eigenvalue weighted by atomic mass is 32.1. The van der Waals surface area contributed by atoms with E-state index >= 15 is 0 Å². The van der Waals surface area contributed by atoms with Crippen molar-refractivity contribution >= 4 is 92.4 Å². The Kier molecular flexibility index (Phi) is 8.40. The van der Waals surface area contributed by atoms with Crippen LogP contribution >= 0.6 is 11.3 Å². The summed E-state index contributed by atoms with van der Waals surface area (Å²) in [4.78, 5) is 2.34. The fourth-order valence-corrected chi connectivity index (χ4v) is 10.9. The molecule has 0 amide bonds. The molecule has 0 bridgehead atoms. The van der Waals surface area contributed by atoms with Gasteiger partial charge in [0.05, 0.1) is 0 Å². The van der Waals surface area contributed by atoms with E-state index in [4.69, 9.17) is 8.83 Å². The summed E-state index contributed by atoms with van der Waals surface area (Å²) >= 11 is 1.87. The summed E-state index contributed by atoms with van der Waals surface area (Å²) in [6, 6.07) is 80.1. The van der Waals surface area contributed by atoms with Crippen molar-refractivity contribution in [3.05, 3.63) is 224 Å². The summed E-state index contributed by atoms with van der Waals surface area (Å²) in [6.07, 6.45) is 0. The van der Waals surface area contributed by atoms with Crippen molar-refractivity contribution in [2.45, 2.75) is 0 Å². The van der Waals surface area contributed by atoms with Crippen molar-refractivity contribution in [3.8, 4) is 44.5 Å². The van der Waals surface area contributed by atoms with Crippen molar-refractivity contribution in [2.75, 3.05) is 4.90 Å². The summed E-state index contributed by atoms with van der Waals surface area (Å²) in [5, 5.41) is 6.87. The molecule has 0 saturated heterocycles. The number of furan rings is 2. The molecule has 0 spiro atoms. The number of thiophene rings is 1. The molecule has 13 aromatic rings. The third kappa shape index (κ3) is 5.88. The lowest BCUT2D eigenvalue weighted by molar-refractivity contribution is 0.665. The van der Waals surface area contributed by atoms with E-state index in [-0.39, 0.29) is 0 Å². The molecule has 3 aromatic heterocycles. The average Bonchev–Trinajstić information content (AvgIpc) is 4.06. The Labute approximate surface area is 373 Å². The Morgan fingerprint density at radius 1 is 0.328 bits per heavy atom. The smallest absolute Gasteiger partial charge is 0.144 e. The maximum Gasteiger partial charge on any atom is 0.144 e. The molecule has 13 rings (SSSR count). The lowest BCUT2D eigenvalue weighted by Crippen LogP contribution is -2.09. The minimum Gasteiger partial charge on any atom is -0.456 e. The summed E-state index contributed by atoms with van der Waals surface area (Å²) in [7, 11) is 0. The Bertz CT molecular complexity index is 3860. The van der Waals surface area contributed by atoms with Crippen LogP contribution in [0, 0.1) is 0 Å². The van der Waals surface area contributed by atoms with Gasteiger partial charge >= 0.3 is 0 Å². The summed E-state index contributed by atoms with van der Waals surface area (Å²) in [5.41, 5.74) is 15.8. The number of anilines is 3. The van der Waals surface area contributed by atoms with E-state index < -0.39 is 0 Å². The first-order valence-corrected chi connectivity index (χ1v) is 22.5. The Hall–Kier alpha value is -8.18. The van der Waals surface area contributed by atoms with Crippen LogP contribution in [-0.4, -0.2) is 0 Å². The van der Waals surface area contributed by atoms with Crippen molar-refractivity contribution in [1.82, 2.24) is 0 Å². The van der Waals surface area contributed by atoms with Crippen molar-refractivity contribution in [3.63, 3.8) is 0 Å². The molecule has 0 N–H and O–H groups in total. The Balaban J connectivity index is 0.923. The Morgan fingerprint density at radius 3 is 1.56 bits per heavy atom. The first-order valence-electron chi connectivity index (χ1n) is 21.7. The summed E-state index contributed by atoms with van der Waals surface area (Å²) in [6.45, 7) is 0. The van der Waals surface area contributed by atoms with E-state index in [1.54, 1.807) is 0 Å². The van der Waals surface area contributed by atoms with Gasteiger partial charge in [-0.05, 0) is 88.0 Å². The Morgan fingerprint density at radius 2 is 0.859 bits per heavy atom. The minimum atomic E-state index is 0.854. The fourth-order valence-electron chi connectivity index (χ4n) is 9.68. The van der Waals surface area contributed by atoms with Crippen LogP contribution in [0.15, 0.2) is 233 Å². The van der Waals surface area contributed by atoms with Crippen molar-refractivity contribution in [2.24, 2.45) is 0 Å². The van der Waals surface area contributed by atoms with Gasteiger partial charge in [0.2, 0.25) is 0 Å². The fraction of sp³-hybridized carbons (Fsp3) is 0. The lowest BCUT2D eigenvalue weighted by Gasteiger charge is -2.26. The second kappa shape index (κ2) is 14.7. The van der Waals surface area contributed by atoms with Crippen LogP contribution in [0.25, 0.3) is 109 Å². The van der Waals surface area contributed by atoms with Crippen molar-refractivity contribution in [1.29, 1.82) is 0 Å². The first-order chi connectivity index (χ1) is 31.7. The van der Waals surface area contributed by atoms with Crippen LogP contribution < -0.4 is 4.90 Å². The molecule has 0 atom stereocenters. The van der Waals surface area contributed by atoms with Crippen molar-refractivity contribution < 1.29 is 8.83 Å². The number of hydrogen-bond acceptors (Lipinski definition) is 4. The zero-order chi connectivity index (χ0) is 42.1. The molecule has 0 aliphatic carbocycles. The molecule has 0 unspecified atom stereocenters. The molecule has 0 radical (unpaired) electrons. The predicted molar refractivity (Wildman–Crippen MR) is 270 cm³/mol. The third-order valence-corrected chi connectivity index (χ3v) is 13.9. The number of para-hydroxylation sites is 2. The highest BCUT2D eigenvalue weighted by Crippen LogP contribution is 2.47. The number of hydrogen-bond donors (Lipinski definition) is 0. The second-order valence-electron chi connectivity index (χ2n) is 16.4. The predicted octanol–water partition coefficient (Wildman–Crippen LogP) is 18.0. The highest BCUT2D eigenvalue weighted by molar-refractivity contribution is 7.26. The molecule has 3 heterocycles. The molecule has 0 aliphatic heterocycles. The molecule has 64 heavy (non-hydrogen) atoms. The lowest BCUT2D eigenvalue weighted by atomic mass is 9.96. The third-order valence-electron chi connectivity index (χ3n) is 12.7. The van der Waals surface area contributed by atoms with E-state index in [1.807, 2.05) is 23.5 Å². The number of fused-ring (bicyclic) bond motifs is 9. The quantitative estimate of drug-likeness (QED) is 0.160. The largest absolute Gasteiger partial charge is 0.456 e. The van der Waals surface area contributed by atoms with Gasteiger partial charge in [0.25, 0.3) is 0 Å². The summed E-state index contributed by atoms with van der Waals surface area (Å²) in [5.74, 6) is 0. The number of benzene rings is 10. The molecule has 0 fully saturated rings. The maximum atomic E-state index is 7.05. The SMILES string of the molecule is c1ccc(-c2ccc(N(c3ccc(-c4cccc5c4oc4c(-c6ccccc6)c6c(cc45)oc4ccccc46)cc3)c3ccc(-c4cccc5c4sc4ccccc45)cc3)cc2)cc1. The average molecular weight is 836 g/mol. The van der Waals surface area contributed by atoms with Gasteiger partial charge < -0.3 is 13.7 Å². The maximum absolute atomic E-state index is 7.05. The van der Waals surface area contributed by atoms with Gasteiger partial charge in [0.15, 0.2) is 0 Å². The van der Waals surface area contributed by atoms with Gasteiger partial charge in [0, 0.05) is 69.9 Å². The molecular weight excluding hydrogens is 799 g/mol. The topological polar surface area (TPSA) is 29.5 Å². The van der Waals surface area contributed by atoms with Crippen LogP contribution in [0.3, 0.4) is 0 Å². The molecular formula is C60H37NO2S. The van der Waals surface area contributed by atoms with Crippen LogP contribution in [0.5, 0.6) is 0 Å². The van der Waals surface area contributed by atoms with Gasteiger partial charge in [-0.1, -0.05) is 170 Å². The summed E-state index contributed by atoms with van der Waals surface area (Å²) < 4.78 is 16.2. The highest BCUT2D eigenvalue weighted by Gasteiger charge is 2.23. The molecule has 0 aliphatic rings. The number of nitrogens with zero attached hydrogens (tertiary/aromatic N) is 1. The van der Waals surface area contributed by atoms with E-state index in [1.165, 1.54) is 42.4 Å². The van der Waals surface area contributed by atoms with Crippen LogP contribution in [0.4, 0.5) is 17.1 Å². The van der Waals surface area contributed by atoms with E-state index in [9.17, 15) is 0 Å². The van der Waals surface area contributed by atoms with Gasteiger partial charge in [-0.25, -0.2) is 0 Å². The molecule has 0 saturated carbocycles. The van der Waals surface area contributed by atoms with Gasteiger partial charge in [-0.3, -0.25) is 0 Å². The second-order valence-corrected chi connectivity index (χ2v) is 17.4. The monoisotopic (exact) mass is 835 g/mol. The normalized spacial score (nSPS) is 11.8. The van der Waals surface area contributed by atoms with Crippen LogP contribution in [-0.2, 0) is 0 Å². The first kappa shape index (κ1) is 36.5. The zero-order valence-corrected chi connectivity index (χ0v) is 35.4. The van der Waals surface area contributed by atoms with Gasteiger partial charge in [-0.2, -0.15) is 0 Å². The molecule has 3 nitrogen and oxygen atoms in total. The molecule has 4 heteroatoms. The van der Waals surface area contributed by atoms with Crippen LogP contribution in [0.1, 0.15) is 0 Å². The molecule has 10 aromatic carbocycles. The van der Waals surface area contributed by atoms with Gasteiger partial charge in [-0.15, -0.1) is 11.3 Å². The molecule has 300 valence electrons. The number of rotatable bonds is 7. The van der Waals surface area contributed by atoms with E-state index in [2.05, 4.69) is 217 Å². The van der Waals surface area contributed by atoms with Crippen LogP contribution in [0.2, 0.25) is 0 Å². The zero-order valence-electron chi connectivity index (χ0n) is 34.5.